The van der Waals surface area contributed by atoms with E-state index < -0.39 is 0 Å². The lowest BCUT2D eigenvalue weighted by Gasteiger charge is -2.08. The molecule has 0 bridgehead atoms. The molecular formula is C9H13Br2N. The van der Waals surface area contributed by atoms with Gasteiger partial charge < -0.3 is 5.32 Å². The first-order valence-corrected chi connectivity index (χ1v) is 4.50. The minimum atomic E-state index is 0. The van der Waals surface area contributed by atoms with Gasteiger partial charge in [-0.05, 0) is 38.1 Å². The van der Waals surface area contributed by atoms with E-state index in [0.717, 1.165) is 4.47 Å². The van der Waals surface area contributed by atoms with E-state index >= 15 is 0 Å². The van der Waals surface area contributed by atoms with Crippen LogP contribution in [-0.4, -0.2) is 6.04 Å². The summed E-state index contributed by atoms with van der Waals surface area (Å²) < 4.78 is 1.12. The summed E-state index contributed by atoms with van der Waals surface area (Å²) in [5, 5.41) is 3.31. The minimum Gasteiger partial charge on any atom is -0.383 e. The molecule has 0 aliphatic heterocycles. The summed E-state index contributed by atoms with van der Waals surface area (Å²) in [5.41, 5.74) is 1.17. The SMILES string of the molecule is Br.CC(C)Nc1ccc(Br)cc1. The molecule has 1 aromatic rings. The third kappa shape index (κ3) is 4.12. The standard InChI is InChI=1S/C9H12BrN.BrH/c1-7(2)11-9-5-3-8(10)4-6-9;/h3-7,11H,1-2H3;1H. The lowest BCUT2D eigenvalue weighted by Crippen LogP contribution is -2.09. The molecule has 0 aliphatic carbocycles. The van der Waals surface area contributed by atoms with Gasteiger partial charge in [-0.25, -0.2) is 0 Å². The molecule has 0 heterocycles. The summed E-state index contributed by atoms with van der Waals surface area (Å²) in [5.74, 6) is 0. The van der Waals surface area contributed by atoms with Gasteiger partial charge in [0.2, 0.25) is 0 Å². The summed E-state index contributed by atoms with van der Waals surface area (Å²) in [4.78, 5) is 0. The average molecular weight is 295 g/mol. The van der Waals surface area contributed by atoms with Crippen LogP contribution in [0.15, 0.2) is 28.7 Å². The average Bonchev–Trinajstić information content (AvgIpc) is 1.93. The van der Waals surface area contributed by atoms with Gasteiger partial charge in [0.1, 0.15) is 0 Å². The molecule has 1 nitrogen and oxygen atoms in total. The van der Waals surface area contributed by atoms with E-state index in [2.05, 4.69) is 47.2 Å². The van der Waals surface area contributed by atoms with Crippen LogP contribution in [0.25, 0.3) is 0 Å². The van der Waals surface area contributed by atoms with Crippen LogP contribution in [0.3, 0.4) is 0 Å². The van der Waals surface area contributed by atoms with Crippen molar-refractivity contribution in [1.29, 1.82) is 0 Å². The fraction of sp³-hybridized carbons (Fsp3) is 0.333. The molecule has 1 aromatic carbocycles. The predicted molar refractivity (Wildman–Crippen MR) is 63.2 cm³/mol. The molecular weight excluding hydrogens is 282 g/mol. The smallest absolute Gasteiger partial charge is 0.0342 e. The van der Waals surface area contributed by atoms with E-state index in [-0.39, 0.29) is 17.0 Å². The molecule has 0 radical (unpaired) electrons. The van der Waals surface area contributed by atoms with E-state index in [9.17, 15) is 0 Å². The molecule has 3 heteroatoms. The quantitative estimate of drug-likeness (QED) is 0.874. The molecule has 0 atom stereocenters. The predicted octanol–water partition coefficient (Wildman–Crippen LogP) is 3.85. The van der Waals surface area contributed by atoms with Crippen molar-refractivity contribution in [3.8, 4) is 0 Å². The number of hydrogen-bond donors (Lipinski definition) is 1. The van der Waals surface area contributed by atoms with E-state index in [1.54, 1.807) is 0 Å². The van der Waals surface area contributed by atoms with Crippen molar-refractivity contribution >= 4 is 38.6 Å². The Bertz CT molecular complexity index is 218. The highest BCUT2D eigenvalue weighted by atomic mass is 79.9. The van der Waals surface area contributed by atoms with Crippen LogP contribution in [0.2, 0.25) is 0 Å². The zero-order valence-electron chi connectivity index (χ0n) is 7.17. The van der Waals surface area contributed by atoms with Crippen molar-refractivity contribution in [2.24, 2.45) is 0 Å². The molecule has 0 saturated carbocycles. The maximum Gasteiger partial charge on any atom is 0.0342 e. The van der Waals surface area contributed by atoms with Crippen LogP contribution in [0.4, 0.5) is 5.69 Å². The number of halogens is 2. The normalized spacial score (nSPS) is 9.33. The Labute approximate surface area is 92.5 Å². The van der Waals surface area contributed by atoms with E-state index in [0.29, 0.717) is 6.04 Å². The van der Waals surface area contributed by atoms with Crippen LogP contribution in [0, 0.1) is 0 Å². The number of nitrogens with one attached hydrogen (secondary N) is 1. The number of benzene rings is 1. The lowest BCUT2D eigenvalue weighted by molar-refractivity contribution is 0.900. The number of hydrogen-bond acceptors (Lipinski definition) is 1. The maximum atomic E-state index is 3.38. The fourth-order valence-electron chi connectivity index (χ4n) is 0.879. The monoisotopic (exact) mass is 293 g/mol. The van der Waals surface area contributed by atoms with Gasteiger partial charge in [-0.3, -0.25) is 0 Å². The molecule has 68 valence electrons. The molecule has 0 fully saturated rings. The van der Waals surface area contributed by atoms with Crippen LogP contribution in [0.1, 0.15) is 13.8 Å². The van der Waals surface area contributed by atoms with Crippen molar-refractivity contribution in [3.63, 3.8) is 0 Å². The summed E-state index contributed by atoms with van der Waals surface area (Å²) in [6.45, 7) is 4.25. The molecule has 0 saturated heterocycles. The third-order valence-electron chi connectivity index (χ3n) is 1.30. The Morgan fingerprint density at radius 1 is 1.17 bits per heavy atom. The highest BCUT2D eigenvalue weighted by Gasteiger charge is 1.93. The Morgan fingerprint density at radius 2 is 1.67 bits per heavy atom. The van der Waals surface area contributed by atoms with Crippen LogP contribution < -0.4 is 5.32 Å². The van der Waals surface area contributed by atoms with Crippen LogP contribution in [-0.2, 0) is 0 Å². The van der Waals surface area contributed by atoms with E-state index in [1.165, 1.54) is 5.69 Å². The molecule has 0 spiro atoms. The highest BCUT2D eigenvalue weighted by Crippen LogP contribution is 2.14. The summed E-state index contributed by atoms with van der Waals surface area (Å²) >= 11 is 3.38. The van der Waals surface area contributed by atoms with Crippen LogP contribution in [0.5, 0.6) is 0 Å². The fourth-order valence-corrected chi connectivity index (χ4v) is 1.14. The molecule has 12 heavy (non-hydrogen) atoms. The Hall–Kier alpha value is -0.0200. The van der Waals surface area contributed by atoms with Gasteiger partial charge in [-0.15, -0.1) is 17.0 Å². The molecule has 0 aliphatic rings. The Morgan fingerprint density at radius 3 is 2.08 bits per heavy atom. The third-order valence-corrected chi connectivity index (χ3v) is 1.83. The molecule has 0 aromatic heterocycles. The Kier molecular flexibility index (Phi) is 5.59. The molecule has 1 N–H and O–H groups in total. The summed E-state index contributed by atoms with van der Waals surface area (Å²) in [7, 11) is 0. The second-order valence-electron chi connectivity index (χ2n) is 2.81. The van der Waals surface area contributed by atoms with E-state index in [1.807, 2.05) is 12.1 Å². The first kappa shape index (κ1) is 12.0. The number of rotatable bonds is 2. The topological polar surface area (TPSA) is 12.0 Å². The van der Waals surface area contributed by atoms with Gasteiger partial charge in [0, 0.05) is 16.2 Å². The maximum absolute atomic E-state index is 3.38. The number of anilines is 1. The van der Waals surface area contributed by atoms with Crippen molar-refractivity contribution in [2.45, 2.75) is 19.9 Å². The van der Waals surface area contributed by atoms with Crippen molar-refractivity contribution in [2.75, 3.05) is 5.32 Å². The summed E-state index contributed by atoms with van der Waals surface area (Å²) in [6, 6.07) is 8.68. The van der Waals surface area contributed by atoms with Gasteiger partial charge >= 0.3 is 0 Å². The van der Waals surface area contributed by atoms with E-state index in [4.69, 9.17) is 0 Å². The van der Waals surface area contributed by atoms with Gasteiger partial charge in [0.05, 0.1) is 0 Å². The molecule has 1 rings (SSSR count). The minimum absolute atomic E-state index is 0. The lowest BCUT2D eigenvalue weighted by atomic mass is 10.3. The second kappa shape index (κ2) is 5.60. The van der Waals surface area contributed by atoms with Crippen molar-refractivity contribution in [3.05, 3.63) is 28.7 Å². The molecule has 0 unspecified atom stereocenters. The first-order valence-electron chi connectivity index (χ1n) is 3.70. The van der Waals surface area contributed by atoms with Crippen LogP contribution >= 0.6 is 32.9 Å². The van der Waals surface area contributed by atoms with Crippen molar-refractivity contribution < 1.29 is 0 Å². The van der Waals surface area contributed by atoms with Gasteiger partial charge in [0.25, 0.3) is 0 Å². The van der Waals surface area contributed by atoms with Gasteiger partial charge in [-0.2, -0.15) is 0 Å². The highest BCUT2D eigenvalue weighted by molar-refractivity contribution is 9.10. The Balaban J connectivity index is 0.00000121. The zero-order chi connectivity index (χ0) is 8.27. The first-order chi connectivity index (χ1) is 5.18. The second-order valence-corrected chi connectivity index (χ2v) is 3.72. The van der Waals surface area contributed by atoms with Crippen molar-refractivity contribution in [1.82, 2.24) is 0 Å². The largest absolute Gasteiger partial charge is 0.383 e. The van der Waals surface area contributed by atoms with Gasteiger partial charge in [0.15, 0.2) is 0 Å². The van der Waals surface area contributed by atoms with Gasteiger partial charge in [-0.1, -0.05) is 15.9 Å². The summed E-state index contributed by atoms with van der Waals surface area (Å²) in [6.07, 6.45) is 0. The zero-order valence-corrected chi connectivity index (χ0v) is 10.5. The molecule has 0 amide bonds.